The van der Waals surface area contributed by atoms with Crippen molar-refractivity contribution in [1.82, 2.24) is 0 Å². The van der Waals surface area contributed by atoms with Crippen LogP contribution in [0, 0.1) is 6.92 Å². The maximum absolute atomic E-state index is 12.4. The van der Waals surface area contributed by atoms with Crippen LogP contribution in [-0.4, -0.2) is 14.3 Å². The molecular weight excluding hydrogens is 288 g/mol. The van der Waals surface area contributed by atoms with Gasteiger partial charge in [-0.15, -0.1) is 0 Å². The monoisotopic (exact) mass is 304 g/mol. The van der Waals surface area contributed by atoms with Crippen LogP contribution in [0.2, 0.25) is 0 Å². The number of aryl methyl sites for hydroxylation is 1. The second-order valence-corrected chi connectivity index (χ2v) is 6.25. The summed E-state index contributed by atoms with van der Waals surface area (Å²) in [4.78, 5) is 11.4. The number of rotatable bonds is 4. The average molecular weight is 304 g/mol. The Morgan fingerprint density at radius 3 is 2.14 bits per heavy atom. The molecule has 0 saturated heterocycles. The number of para-hydroxylation sites is 2. The second-order valence-electron chi connectivity index (χ2n) is 4.60. The van der Waals surface area contributed by atoms with Crippen molar-refractivity contribution in [2.45, 2.75) is 18.7 Å². The Bertz CT molecular complexity index is 770. The first-order valence-corrected chi connectivity index (χ1v) is 7.83. The fourth-order valence-corrected chi connectivity index (χ4v) is 3.26. The van der Waals surface area contributed by atoms with E-state index in [-0.39, 0.29) is 10.8 Å². The van der Waals surface area contributed by atoms with Crippen LogP contribution in [0.3, 0.4) is 0 Å². The largest absolute Gasteiger partial charge is 0.325 e. The molecule has 0 radical (unpaired) electrons. The number of hydrogen-bond donors (Lipinski definition) is 2. The zero-order chi connectivity index (χ0) is 15.5. The topological polar surface area (TPSA) is 75.3 Å². The summed E-state index contributed by atoms with van der Waals surface area (Å²) in [5.41, 5.74) is 1.40. The Kier molecular flexibility index (Phi) is 4.28. The Morgan fingerprint density at radius 2 is 1.52 bits per heavy atom. The van der Waals surface area contributed by atoms with E-state index in [0.29, 0.717) is 16.9 Å². The quantitative estimate of drug-likeness (QED) is 0.912. The normalized spacial score (nSPS) is 11.0. The molecule has 21 heavy (non-hydrogen) atoms. The van der Waals surface area contributed by atoms with E-state index in [1.165, 1.54) is 6.92 Å². The average Bonchev–Trinajstić information content (AvgIpc) is 2.40. The van der Waals surface area contributed by atoms with Gasteiger partial charge in [-0.25, -0.2) is 8.42 Å². The van der Waals surface area contributed by atoms with E-state index < -0.39 is 10.0 Å². The molecular formula is C15H16N2O3S. The molecule has 0 bridgehead atoms. The SMILES string of the molecule is CC(=O)Nc1ccccc1NS(=O)(=O)c1ccccc1C. The highest BCUT2D eigenvalue weighted by molar-refractivity contribution is 7.92. The number of anilines is 2. The maximum atomic E-state index is 12.4. The van der Waals surface area contributed by atoms with Gasteiger partial charge in [0.2, 0.25) is 5.91 Å². The van der Waals surface area contributed by atoms with Gasteiger partial charge in [-0.2, -0.15) is 0 Å². The lowest BCUT2D eigenvalue weighted by Gasteiger charge is -2.13. The summed E-state index contributed by atoms with van der Waals surface area (Å²) in [5.74, 6) is -0.266. The summed E-state index contributed by atoms with van der Waals surface area (Å²) >= 11 is 0. The van der Waals surface area contributed by atoms with E-state index in [9.17, 15) is 13.2 Å². The first-order chi connectivity index (χ1) is 9.90. The number of hydrogen-bond acceptors (Lipinski definition) is 3. The van der Waals surface area contributed by atoms with Crippen molar-refractivity contribution in [3.8, 4) is 0 Å². The Hall–Kier alpha value is -2.34. The Balaban J connectivity index is 2.38. The number of carbonyl (C=O) groups is 1. The lowest BCUT2D eigenvalue weighted by molar-refractivity contribution is -0.114. The van der Waals surface area contributed by atoms with Gasteiger partial charge >= 0.3 is 0 Å². The highest BCUT2D eigenvalue weighted by Crippen LogP contribution is 2.25. The molecule has 5 nitrogen and oxygen atoms in total. The molecule has 0 aliphatic carbocycles. The van der Waals surface area contributed by atoms with E-state index in [1.807, 2.05) is 0 Å². The summed E-state index contributed by atoms with van der Waals surface area (Å²) in [7, 11) is -3.70. The third kappa shape index (κ3) is 3.61. The number of amides is 1. The van der Waals surface area contributed by atoms with Gasteiger partial charge in [-0.1, -0.05) is 30.3 Å². The smallest absolute Gasteiger partial charge is 0.262 e. The first-order valence-electron chi connectivity index (χ1n) is 6.35. The molecule has 110 valence electrons. The van der Waals surface area contributed by atoms with Crippen molar-refractivity contribution in [3.05, 3.63) is 54.1 Å². The molecule has 6 heteroatoms. The first kappa shape index (κ1) is 15.1. The zero-order valence-corrected chi connectivity index (χ0v) is 12.6. The zero-order valence-electron chi connectivity index (χ0n) is 11.8. The molecule has 0 aliphatic rings. The molecule has 0 heterocycles. The summed E-state index contributed by atoms with van der Waals surface area (Å²) in [6.07, 6.45) is 0. The van der Waals surface area contributed by atoms with Crippen molar-refractivity contribution in [3.63, 3.8) is 0 Å². The van der Waals surface area contributed by atoms with E-state index in [4.69, 9.17) is 0 Å². The van der Waals surface area contributed by atoms with Crippen LogP contribution in [0.25, 0.3) is 0 Å². The molecule has 2 rings (SSSR count). The van der Waals surface area contributed by atoms with Crippen molar-refractivity contribution in [1.29, 1.82) is 0 Å². The molecule has 0 saturated carbocycles. The molecule has 0 aliphatic heterocycles. The fraction of sp³-hybridized carbons (Fsp3) is 0.133. The van der Waals surface area contributed by atoms with Crippen LogP contribution in [0.15, 0.2) is 53.4 Å². The van der Waals surface area contributed by atoms with Crippen LogP contribution in [0.5, 0.6) is 0 Å². The third-order valence-electron chi connectivity index (χ3n) is 2.87. The van der Waals surface area contributed by atoms with E-state index in [2.05, 4.69) is 10.0 Å². The highest BCUT2D eigenvalue weighted by atomic mass is 32.2. The van der Waals surface area contributed by atoms with Gasteiger partial charge in [0.05, 0.1) is 16.3 Å². The lowest BCUT2D eigenvalue weighted by Crippen LogP contribution is -2.16. The minimum absolute atomic E-state index is 0.211. The van der Waals surface area contributed by atoms with Crippen LogP contribution in [0.1, 0.15) is 12.5 Å². The predicted octanol–water partition coefficient (Wildman–Crippen LogP) is 2.75. The standard InChI is InChI=1S/C15H16N2O3S/c1-11-7-3-6-10-15(11)21(19,20)17-14-9-5-4-8-13(14)16-12(2)18/h3-10,17H,1-2H3,(H,16,18). The van der Waals surface area contributed by atoms with Crippen molar-refractivity contribution >= 4 is 27.3 Å². The number of nitrogens with one attached hydrogen (secondary N) is 2. The molecule has 1 amide bonds. The van der Waals surface area contributed by atoms with E-state index >= 15 is 0 Å². The van der Waals surface area contributed by atoms with Gasteiger partial charge < -0.3 is 5.32 Å². The van der Waals surface area contributed by atoms with Crippen LogP contribution in [0.4, 0.5) is 11.4 Å². The molecule has 2 N–H and O–H groups in total. The van der Waals surface area contributed by atoms with Gasteiger partial charge in [-0.3, -0.25) is 9.52 Å². The van der Waals surface area contributed by atoms with Gasteiger partial charge in [0, 0.05) is 6.92 Å². The van der Waals surface area contributed by atoms with Gasteiger partial charge in [0.15, 0.2) is 0 Å². The minimum atomic E-state index is -3.70. The van der Waals surface area contributed by atoms with E-state index in [0.717, 1.165) is 0 Å². The van der Waals surface area contributed by atoms with Crippen molar-refractivity contribution in [2.24, 2.45) is 0 Å². The Labute approximate surface area is 124 Å². The number of benzene rings is 2. The number of sulfonamides is 1. The summed E-state index contributed by atoms with van der Waals surface area (Å²) in [6, 6.07) is 13.4. The predicted molar refractivity (Wildman–Crippen MR) is 82.7 cm³/mol. The molecule has 0 spiro atoms. The van der Waals surface area contributed by atoms with Gasteiger partial charge in [-0.05, 0) is 30.7 Å². The summed E-state index contributed by atoms with van der Waals surface area (Å²) in [5, 5.41) is 2.60. The van der Waals surface area contributed by atoms with E-state index in [1.54, 1.807) is 55.5 Å². The molecule has 0 atom stereocenters. The maximum Gasteiger partial charge on any atom is 0.262 e. The molecule has 0 unspecified atom stereocenters. The lowest BCUT2D eigenvalue weighted by atomic mass is 10.2. The Morgan fingerprint density at radius 1 is 0.952 bits per heavy atom. The van der Waals surface area contributed by atoms with Crippen molar-refractivity contribution < 1.29 is 13.2 Å². The summed E-state index contributed by atoms with van der Waals surface area (Å²) in [6.45, 7) is 3.10. The fourth-order valence-electron chi connectivity index (χ4n) is 1.93. The van der Waals surface area contributed by atoms with Gasteiger partial charge in [0.25, 0.3) is 10.0 Å². The summed E-state index contributed by atoms with van der Waals surface area (Å²) < 4.78 is 27.4. The second kappa shape index (κ2) is 5.97. The highest BCUT2D eigenvalue weighted by Gasteiger charge is 2.17. The van der Waals surface area contributed by atoms with Crippen LogP contribution < -0.4 is 10.0 Å². The number of carbonyl (C=O) groups excluding carboxylic acids is 1. The van der Waals surface area contributed by atoms with Crippen molar-refractivity contribution in [2.75, 3.05) is 10.0 Å². The van der Waals surface area contributed by atoms with Crippen LogP contribution >= 0.6 is 0 Å². The minimum Gasteiger partial charge on any atom is -0.325 e. The molecule has 2 aromatic rings. The third-order valence-corrected chi connectivity index (χ3v) is 4.39. The molecule has 0 fully saturated rings. The molecule has 0 aromatic heterocycles. The molecule has 2 aromatic carbocycles. The van der Waals surface area contributed by atoms with Crippen LogP contribution in [-0.2, 0) is 14.8 Å². The van der Waals surface area contributed by atoms with Gasteiger partial charge in [0.1, 0.15) is 0 Å².